The van der Waals surface area contributed by atoms with Crippen molar-refractivity contribution in [3.63, 3.8) is 0 Å². The van der Waals surface area contributed by atoms with Crippen LogP contribution in [0.2, 0.25) is 0 Å². The zero-order valence-electron chi connectivity index (χ0n) is 11.9. The monoisotopic (exact) mass is 260 g/mol. The second kappa shape index (κ2) is 6.20. The molecule has 1 heterocycles. The van der Waals surface area contributed by atoms with Crippen LogP contribution in [-0.4, -0.2) is 30.4 Å². The molecule has 1 amide bonds. The van der Waals surface area contributed by atoms with E-state index in [4.69, 9.17) is 5.73 Å². The molecule has 0 aliphatic carbocycles. The minimum absolute atomic E-state index is 0.0834. The summed E-state index contributed by atoms with van der Waals surface area (Å²) in [5.74, 6) is 1.33. The van der Waals surface area contributed by atoms with E-state index < -0.39 is 0 Å². The number of hydrogen-bond donors (Lipinski definition) is 1. The van der Waals surface area contributed by atoms with E-state index in [2.05, 4.69) is 26.0 Å². The normalized spacial score (nSPS) is 24.5. The largest absolute Gasteiger partial charge is 0.342 e. The first-order valence-corrected chi connectivity index (χ1v) is 7.14. The molecule has 3 heteroatoms. The molecule has 2 rings (SSSR count). The van der Waals surface area contributed by atoms with Gasteiger partial charge in [0, 0.05) is 19.6 Å². The average molecular weight is 260 g/mol. The molecule has 0 bridgehead atoms. The molecule has 0 saturated carbocycles. The predicted molar refractivity (Wildman–Crippen MR) is 77.6 cm³/mol. The van der Waals surface area contributed by atoms with Gasteiger partial charge in [-0.25, -0.2) is 0 Å². The Kier molecular flexibility index (Phi) is 4.59. The molecule has 0 radical (unpaired) electrons. The summed E-state index contributed by atoms with van der Waals surface area (Å²) in [6.07, 6.45) is 0.745. The van der Waals surface area contributed by atoms with Crippen molar-refractivity contribution in [1.29, 1.82) is 0 Å². The number of carbonyl (C=O) groups excluding carboxylic acids is 1. The third-order valence-corrected chi connectivity index (χ3v) is 4.26. The van der Waals surface area contributed by atoms with E-state index in [0.717, 1.165) is 19.5 Å². The lowest BCUT2D eigenvalue weighted by Gasteiger charge is -2.22. The van der Waals surface area contributed by atoms with Gasteiger partial charge >= 0.3 is 0 Å². The molecule has 1 fully saturated rings. The second-order valence-corrected chi connectivity index (χ2v) is 5.82. The Hall–Kier alpha value is -1.35. The minimum atomic E-state index is -0.0834. The third-order valence-electron chi connectivity index (χ3n) is 4.26. The van der Waals surface area contributed by atoms with E-state index in [1.165, 1.54) is 5.56 Å². The van der Waals surface area contributed by atoms with Gasteiger partial charge in [-0.3, -0.25) is 4.79 Å². The van der Waals surface area contributed by atoms with Crippen LogP contribution in [0.3, 0.4) is 0 Å². The molecule has 1 aliphatic rings. The summed E-state index contributed by atoms with van der Waals surface area (Å²) in [4.78, 5) is 14.5. The van der Waals surface area contributed by atoms with Crippen LogP contribution < -0.4 is 5.73 Å². The van der Waals surface area contributed by atoms with E-state index >= 15 is 0 Å². The number of amides is 1. The number of rotatable bonds is 4. The molecular formula is C16H24N2O. The Morgan fingerprint density at radius 2 is 1.84 bits per heavy atom. The molecule has 0 spiro atoms. The molecule has 2 N–H and O–H groups in total. The van der Waals surface area contributed by atoms with Crippen molar-refractivity contribution in [1.82, 2.24) is 4.90 Å². The van der Waals surface area contributed by atoms with Crippen LogP contribution >= 0.6 is 0 Å². The van der Waals surface area contributed by atoms with E-state index in [0.29, 0.717) is 18.4 Å². The van der Waals surface area contributed by atoms with Gasteiger partial charge in [0.1, 0.15) is 0 Å². The maximum absolute atomic E-state index is 12.5. The van der Waals surface area contributed by atoms with Crippen LogP contribution in [0, 0.1) is 17.8 Å². The molecule has 3 nitrogen and oxygen atoms in total. The van der Waals surface area contributed by atoms with E-state index in [9.17, 15) is 4.79 Å². The topological polar surface area (TPSA) is 46.3 Å². The lowest BCUT2D eigenvalue weighted by atomic mass is 9.98. The molecule has 1 saturated heterocycles. The smallest absolute Gasteiger partial charge is 0.227 e. The summed E-state index contributed by atoms with van der Waals surface area (Å²) in [5.41, 5.74) is 7.00. The van der Waals surface area contributed by atoms with Crippen LogP contribution in [-0.2, 0) is 11.2 Å². The molecule has 3 unspecified atom stereocenters. The van der Waals surface area contributed by atoms with E-state index in [1.54, 1.807) is 0 Å². The number of hydrogen-bond acceptors (Lipinski definition) is 2. The summed E-state index contributed by atoms with van der Waals surface area (Å²) in [7, 11) is 0. The number of nitrogens with two attached hydrogens (primary N) is 1. The number of nitrogens with zero attached hydrogens (tertiary/aromatic N) is 1. The fraction of sp³-hybridized carbons (Fsp3) is 0.562. The van der Waals surface area contributed by atoms with Gasteiger partial charge < -0.3 is 10.6 Å². The molecule has 0 aromatic heterocycles. The van der Waals surface area contributed by atoms with Gasteiger partial charge in [0.05, 0.1) is 5.92 Å². The molecule has 3 atom stereocenters. The van der Waals surface area contributed by atoms with Gasteiger partial charge in [-0.2, -0.15) is 0 Å². The Morgan fingerprint density at radius 3 is 2.37 bits per heavy atom. The van der Waals surface area contributed by atoms with Crippen molar-refractivity contribution in [3.05, 3.63) is 35.9 Å². The van der Waals surface area contributed by atoms with Crippen LogP contribution in [0.4, 0.5) is 0 Å². The molecule has 104 valence electrons. The van der Waals surface area contributed by atoms with Gasteiger partial charge in [-0.1, -0.05) is 44.2 Å². The van der Waals surface area contributed by atoms with Gasteiger partial charge in [-0.05, 0) is 23.8 Å². The van der Waals surface area contributed by atoms with Crippen LogP contribution in [0.25, 0.3) is 0 Å². The summed E-state index contributed by atoms with van der Waals surface area (Å²) in [6.45, 7) is 6.61. The Bertz CT molecular complexity index is 408. The van der Waals surface area contributed by atoms with Crippen LogP contribution in [0.1, 0.15) is 19.4 Å². The maximum atomic E-state index is 12.5. The molecule has 1 aliphatic heterocycles. The van der Waals surface area contributed by atoms with Crippen molar-refractivity contribution in [2.24, 2.45) is 23.5 Å². The Morgan fingerprint density at radius 1 is 1.26 bits per heavy atom. The molecule has 1 aromatic carbocycles. The fourth-order valence-electron chi connectivity index (χ4n) is 2.74. The molecule has 19 heavy (non-hydrogen) atoms. The van der Waals surface area contributed by atoms with Gasteiger partial charge in [0.15, 0.2) is 0 Å². The lowest BCUT2D eigenvalue weighted by molar-refractivity contribution is -0.134. The summed E-state index contributed by atoms with van der Waals surface area (Å²) < 4.78 is 0. The standard InChI is InChI=1S/C16H24N2O/c1-12-10-18(11-13(12)2)16(19)15(9-17)8-14-6-4-3-5-7-14/h3-7,12-13,15H,8-11,17H2,1-2H3. The highest BCUT2D eigenvalue weighted by molar-refractivity contribution is 5.79. The maximum Gasteiger partial charge on any atom is 0.227 e. The van der Waals surface area contributed by atoms with Gasteiger partial charge in [0.2, 0.25) is 5.91 Å². The zero-order valence-corrected chi connectivity index (χ0v) is 11.9. The van der Waals surface area contributed by atoms with E-state index in [1.807, 2.05) is 23.1 Å². The first-order chi connectivity index (χ1) is 9.11. The van der Waals surface area contributed by atoms with Crippen molar-refractivity contribution in [2.75, 3.05) is 19.6 Å². The highest BCUT2D eigenvalue weighted by Gasteiger charge is 2.32. The number of carbonyl (C=O) groups is 1. The molecular weight excluding hydrogens is 236 g/mol. The highest BCUT2D eigenvalue weighted by atomic mass is 16.2. The quantitative estimate of drug-likeness (QED) is 0.899. The van der Waals surface area contributed by atoms with Crippen molar-refractivity contribution in [2.45, 2.75) is 20.3 Å². The lowest BCUT2D eigenvalue weighted by Crippen LogP contribution is -2.39. The predicted octanol–water partition coefficient (Wildman–Crippen LogP) is 1.92. The fourth-order valence-corrected chi connectivity index (χ4v) is 2.74. The summed E-state index contributed by atoms with van der Waals surface area (Å²) in [5, 5.41) is 0. The first-order valence-electron chi connectivity index (χ1n) is 7.14. The van der Waals surface area contributed by atoms with Crippen molar-refractivity contribution < 1.29 is 4.79 Å². The van der Waals surface area contributed by atoms with Crippen LogP contribution in [0.15, 0.2) is 30.3 Å². The summed E-state index contributed by atoms with van der Waals surface area (Å²) in [6, 6.07) is 10.1. The Labute approximate surface area is 115 Å². The van der Waals surface area contributed by atoms with Gasteiger partial charge in [-0.15, -0.1) is 0 Å². The average Bonchev–Trinajstić information content (AvgIpc) is 2.76. The number of benzene rings is 1. The third kappa shape index (κ3) is 3.35. The highest BCUT2D eigenvalue weighted by Crippen LogP contribution is 2.24. The summed E-state index contributed by atoms with van der Waals surface area (Å²) >= 11 is 0. The zero-order chi connectivity index (χ0) is 13.8. The minimum Gasteiger partial charge on any atom is -0.342 e. The number of likely N-dealkylation sites (tertiary alicyclic amines) is 1. The SMILES string of the molecule is CC1CN(C(=O)C(CN)Cc2ccccc2)CC1C. The first kappa shape index (κ1) is 14.1. The van der Waals surface area contributed by atoms with Crippen LogP contribution in [0.5, 0.6) is 0 Å². The van der Waals surface area contributed by atoms with Gasteiger partial charge in [0.25, 0.3) is 0 Å². The second-order valence-electron chi connectivity index (χ2n) is 5.82. The molecule has 1 aromatic rings. The van der Waals surface area contributed by atoms with E-state index in [-0.39, 0.29) is 11.8 Å². The van der Waals surface area contributed by atoms with Crippen molar-refractivity contribution in [3.8, 4) is 0 Å². The Balaban J connectivity index is 2.00. The van der Waals surface area contributed by atoms with Crippen molar-refractivity contribution >= 4 is 5.91 Å².